The Labute approximate surface area is 136 Å². The van der Waals surface area contributed by atoms with Crippen molar-refractivity contribution in [2.24, 2.45) is 0 Å². The van der Waals surface area contributed by atoms with Crippen molar-refractivity contribution in [3.05, 3.63) is 61.7 Å². The largest absolute Gasteiger partial charge is 0.392 e. The van der Waals surface area contributed by atoms with Gasteiger partial charge in [-0.1, -0.05) is 6.07 Å². The van der Waals surface area contributed by atoms with Crippen LogP contribution < -0.4 is 22.3 Å². The normalized spacial score (nSPS) is 16.0. The minimum atomic E-state index is -0.802. The molecule has 126 valence electrons. The average molecular weight is 332 g/mol. The van der Waals surface area contributed by atoms with E-state index in [1.54, 1.807) is 12.1 Å². The fourth-order valence-corrected chi connectivity index (χ4v) is 3.08. The lowest BCUT2D eigenvalue weighted by Crippen LogP contribution is -2.34. The van der Waals surface area contributed by atoms with E-state index in [2.05, 4.69) is 10.3 Å². The summed E-state index contributed by atoms with van der Waals surface area (Å²) in [5, 5.41) is 2.63. The van der Waals surface area contributed by atoms with E-state index in [4.69, 9.17) is 5.73 Å². The fourth-order valence-electron chi connectivity index (χ4n) is 3.08. The van der Waals surface area contributed by atoms with Crippen molar-refractivity contribution in [3.8, 4) is 0 Å². The number of hydrogen-bond donors (Lipinski definition) is 4. The van der Waals surface area contributed by atoms with Gasteiger partial charge >= 0.3 is 5.69 Å². The van der Waals surface area contributed by atoms with Crippen LogP contribution in [-0.2, 0) is 6.42 Å². The number of carbonyl (C=O) groups excluding carboxylic acids is 1. The number of aryl methyl sites for hydroxylation is 1. The molecule has 0 aliphatic heterocycles. The molecule has 1 unspecified atom stereocenters. The lowest BCUT2D eigenvalue weighted by atomic mass is 9.98. The molecule has 24 heavy (non-hydrogen) atoms. The Kier molecular flexibility index (Phi) is 4.20. The summed E-state index contributed by atoms with van der Waals surface area (Å²) < 4.78 is 13.4. The zero-order chi connectivity index (χ0) is 17.3. The van der Waals surface area contributed by atoms with E-state index in [1.807, 2.05) is 4.98 Å². The summed E-state index contributed by atoms with van der Waals surface area (Å²) in [4.78, 5) is 38.9. The fraction of sp³-hybridized carbons (Fsp3) is 0.312. The number of benzene rings is 1. The molecule has 1 heterocycles. The zero-order valence-corrected chi connectivity index (χ0v) is 12.8. The first kappa shape index (κ1) is 16.0. The Hall–Kier alpha value is -2.90. The second-order valence-electron chi connectivity index (χ2n) is 5.82. The highest BCUT2D eigenvalue weighted by atomic mass is 19.1. The van der Waals surface area contributed by atoms with Crippen LogP contribution in [0.25, 0.3) is 0 Å². The first-order valence-corrected chi connectivity index (χ1v) is 7.64. The SMILES string of the molecule is Nc1c(C(=O)NCCC2CCc3ccc(F)cc32)[nH]c(=O)[nH]c1=O. The molecule has 1 atom stereocenters. The number of H-pyrrole nitrogens is 2. The summed E-state index contributed by atoms with van der Waals surface area (Å²) in [5.74, 6) is -0.710. The molecular weight excluding hydrogens is 315 g/mol. The molecule has 7 nitrogen and oxygen atoms in total. The number of carbonyl (C=O) groups is 1. The molecule has 0 saturated heterocycles. The number of rotatable bonds is 4. The van der Waals surface area contributed by atoms with Crippen LogP contribution in [0.4, 0.5) is 10.1 Å². The van der Waals surface area contributed by atoms with Gasteiger partial charge in [-0.05, 0) is 48.4 Å². The van der Waals surface area contributed by atoms with Crippen LogP contribution in [0.1, 0.15) is 40.4 Å². The maximum atomic E-state index is 13.4. The Morgan fingerprint density at radius 3 is 2.92 bits per heavy atom. The van der Waals surface area contributed by atoms with E-state index in [9.17, 15) is 18.8 Å². The summed E-state index contributed by atoms with van der Waals surface area (Å²) in [7, 11) is 0. The molecule has 0 fully saturated rings. The Bertz CT molecular complexity index is 903. The van der Waals surface area contributed by atoms with Gasteiger partial charge in [-0.15, -0.1) is 0 Å². The number of aromatic nitrogens is 2. The summed E-state index contributed by atoms with van der Waals surface area (Å²) in [6.45, 7) is 0.327. The Morgan fingerprint density at radius 1 is 1.33 bits per heavy atom. The molecule has 0 saturated carbocycles. The van der Waals surface area contributed by atoms with Crippen LogP contribution in [0.5, 0.6) is 0 Å². The number of amides is 1. The Morgan fingerprint density at radius 2 is 2.12 bits per heavy atom. The molecule has 2 aromatic rings. The zero-order valence-electron chi connectivity index (χ0n) is 12.8. The highest BCUT2D eigenvalue weighted by molar-refractivity contribution is 5.96. The van der Waals surface area contributed by atoms with Crippen molar-refractivity contribution >= 4 is 11.6 Å². The third kappa shape index (κ3) is 3.08. The third-order valence-corrected chi connectivity index (χ3v) is 4.29. The van der Waals surface area contributed by atoms with Crippen molar-refractivity contribution in [2.75, 3.05) is 12.3 Å². The maximum absolute atomic E-state index is 13.4. The predicted molar refractivity (Wildman–Crippen MR) is 86.5 cm³/mol. The van der Waals surface area contributed by atoms with E-state index in [0.29, 0.717) is 13.0 Å². The summed E-state index contributed by atoms with van der Waals surface area (Å²) in [6, 6.07) is 4.79. The number of fused-ring (bicyclic) bond motifs is 1. The van der Waals surface area contributed by atoms with E-state index in [1.165, 1.54) is 6.07 Å². The standard InChI is InChI=1S/C16H17FN4O3/c17-10-4-3-8-1-2-9(11(8)7-10)5-6-19-15(23)13-12(18)14(22)21-16(24)20-13/h3-4,7,9H,1-2,5-6,18H2,(H,19,23)(H2,20,21,22,24). The smallest absolute Gasteiger partial charge is 0.326 e. The molecule has 1 aliphatic rings. The molecule has 8 heteroatoms. The molecule has 0 spiro atoms. The molecule has 3 rings (SSSR count). The number of halogens is 1. The van der Waals surface area contributed by atoms with Crippen molar-refractivity contribution in [1.29, 1.82) is 0 Å². The van der Waals surface area contributed by atoms with Crippen molar-refractivity contribution < 1.29 is 9.18 Å². The number of nitrogen functional groups attached to an aromatic ring is 1. The van der Waals surface area contributed by atoms with Gasteiger partial charge in [0.25, 0.3) is 11.5 Å². The summed E-state index contributed by atoms with van der Waals surface area (Å²) in [6.07, 6.45) is 2.43. The van der Waals surface area contributed by atoms with Gasteiger partial charge in [-0.25, -0.2) is 9.18 Å². The van der Waals surface area contributed by atoms with E-state index >= 15 is 0 Å². The molecule has 1 amide bonds. The molecule has 0 radical (unpaired) electrons. The van der Waals surface area contributed by atoms with Crippen LogP contribution in [-0.4, -0.2) is 22.4 Å². The van der Waals surface area contributed by atoms with E-state index < -0.39 is 17.2 Å². The first-order chi connectivity index (χ1) is 11.5. The molecule has 0 bridgehead atoms. The highest BCUT2D eigenvalue weighted by Crippen LogP contribution is 2.35. The summed E-state index contributed by atoms with van der Waals surface area (Å²) >= 11 is 0. The van der Waals surface area contributed by atoms with Gasteiger partial charge in [0.05, 0.1) is 0 Å². The van der Waals surface area contributed by atoms with Crippen molar-refractivity contribution in [3.63, 3.8) is 0 Å². The molecule has 1 aromatic heterocycles. The summed E-state index contributed by atoms with van der Waals surface area (Å²) in [5.41, 5.74) is 5.45. The predicted octanol–water partition coefficient (Wildman–Crippen LogP) is 0.634. The highest BCUT2D eigenvalue weighted by Gasteiger charge is 2.23. The second kappa shape index (κ2) is 6.31. The van der Waals surface area contributed by atoms with Gasteiger partial charge in [-0.3, -0.25) is 14.6 Å². The lowest BCUT2D eigenvalue weighted by Gasteiger charge is -2.12. The minimum absolute atomic E-state index is 0.173. The van der Waals surface area contributed by atoms with Gasteiger partial charge in [0, 0.05) is 6.54 Å². The van der Waals surface area contributed by atoms with Gasteiger partial charge in [0.2, 0.25) is 0 Å². The van der Waals surface area contributed by atoms with Gasteiger partial charge in [0.1, 0.15) is 17.2 Å². The minimum Gasteiger partial charge on any atom is -0.392 e. The molecule has 5 N–H and O–H groups in total. The van der Waals surface area contributed by atoms with Crippen LogP contribution in [0.2, 0.25) is 0 Å². The number of nitrogens with one attached hydrogen (secondary N) is 3. The maximum Gasteiger partial charge on any atom is 0.326 e. The molecular formula is C16H17FN4O3. The van der Waals surface area contributed by atoms with E-state index in [0.717, 1.165) is 24.0 Å². The quantitative estimate of drug-likeness (QED) is 0.656. The first-order valence-electron chi connectivity index (χ1n) is 7.64. The van der Waals surface area contributed by atoms with Gasteiger partial charge in [0.15, 0.2) is 0 Å². The van der Waals surface area contributed by atoms with E-state index in [-0.39, 0.29) is 23.1 Å². The third-order valence-electron chi connectivity index (χ3n) is 4.29. The number of aromatic amines is 2. The number of anilines is 1. The molecule has 1 aromatic carbocycles. The number of nitrogens with two attached hydrogens (primary N) is 1. The van der Waals surface area contributed by atoms with Crippen molar-refractivity contribution in [1.82, 2.24) is 15.3 Å². The van der Waals surface area contributed by atoms with Gasteiger partial charge in [-0.2, -0.15) is 0 Å². The van der Waals surface area contributed by atoms with Gasteiger partial charge < -0.3 is 16.0 Å². The lowest BCUT2D eigenvalue weighted by molar-refractivity contribution is 0.0948. The van der Waals surface area contributed by atoms with Crippen molar-refractivity contribution in [2.45, 2.75) is 25.2 Å². The van der Waals surface area contributed by atoms with Crippen LogP contribution in [0, 0.1) is 5.82 Å². The van der Waals surface area contributed by atoms with Crippen LogP contribution in [0.3, 0.4) is 0 Å². The second-order valence-corrected chi connectivity index (χ2v) is 5.82. The Balaban J connectivity index is 1.64. The topological polar surface area (TPSA) is 121 Å². The molecule has 1 aliphatic carbocycles. The van der Waals surface area contributed by atoms with Crippen LogP contribution in [0.15, 0.2) is 27.8 Å². The average Bonchev–Trinajstić information content (AvgIpc) is 2.93. The monoisotopic (exact) mass is 332 g/mol. The number of hydrogen-bond acceptors (Lipinski definition) is 4. The van der Waals surface area contributed by atoms with Crippen LogP contribution >= 0.6 is 0 Å².